The lowest BCUT2D eigenvalue weighted by Crippen LogP contribution is -2.29. The second-order valence-electron chi connectivity index (χ2n) is 7.97. The quantitative estimate of drug-likeness (QED) is 0.448. The maximum absolute atomic E-state index is 14.6. The highest BCUT2D eigenvalue weighted by molar-refractivity contribution is 5.96. The summed E-state index contributed by atoms with van der Waals surface area (Å²) in [6.45, 7) is 8.25. The van der Waals surface area contributed by atoms with Gasteiger partial charge in [0.05, 0.1) is 42.5 Å². The number of ether oxygens (including phenoxy) is 1. The van der Waals surface area contributed by atoms with Crippen LogP contribution in [-0.4, -0.2) is 28.2 Å². The predicted molar refractivity (Wildman–Crippen MR) is 123 cm³/mol. The van der Waals surface area contributed by atoms with Gasteiger partial charge in [-0.05, 0) is 55.3 Å². The number of pyridine rings is 1. The minimum absolute atomic E-state index is 0.0577. The van der Waals surface area contributed by atoms with Crippen molar-refractivity contribution in [3.63, 3.8) is 0 Å². The van der Waals surface area contributed by atoms with Gasteiger partial charge < -0.3 is 10.1 Å². The number of benzene rings is 2. The van der Waals surface area contributed by atoms with Crippen molar-refractivity contribution < 1.29 is 13.5 Å². The van der Waals surface area contributed by atoms with E-state index in [0.29, 0.717) is 28.2 Å². The Labute approximate surface area is 193 Å². The molecule has 3 heterocycles. The predicted octanol–water partition coefficient (Wildman–Crippen LogP) is 4.71. The Balaban J connectivity index is 1.86. The SMILES string of the molecule is [C-]#[N+]c1cc(-c2cncc(F)c2)c2nc([C@H]3CCCN3)n(-c3ccc(OC)c(F)c3)c(=O)c2c1. The summed E-state index contributed by atoms with van der Waals surface area (Å²) < 4.78 is 34.9. The number of aromatic nitrogens is 3. The molecule has 5 rings (SSSR count). The van der Waals surface area contributed by atoms with Crippen LogP contribution in [0.2, 0.25) is 0 Å². The molecule has 1 N–H and O–H groups in total. The zero-order valence-corrected chi connectivity index (χ0v) is 18.2. The van der Waals surface area contributed by atoms with Gasteiger partial charge in [-0.3, -0.25) is 14.3 Å². The molecule has 0 spiro atoms. The van der Waals surface area contributed by atoms with Crippen LogP contribution in [-0.2, 0) is 0 Å². The van der Waals surface area contributed by atoms with E-state index in [1.807, 2.05) is 0 Å². The summed E-state index contributed by atoms with van der Waals surface area (Å²) >= 11 is 0. The summed E-state index contributed by atoms with van der Waals surface area (Å²) in [7, 11) is 1.37. The molecule has 9 heteroatoms. The van der Waals surface area contributed by atoms with Crippen molar-refractivity contribution in [2.45, 2.75) is 18.9 Å². The second kappa shape index (κ2) is 8.65. The first kappa shape index (κ1) is 21.7. The minimum atomic E-state index is -0.612. The second-order valence-corrected chi connectivity index (χ2v) is 7.97. The van der Waals surface area contributed by atoms with Gasteiger partial charge in [0.2, 0.25) is 0 Å². The van der Waals surface area contributed by atoms with Crippen LogP contribution in [0.25, 0.3) is 32.6 Å². The van der Waals surface area contributed by atoms with E-state index < -0.39 is 17.2 Å². The molecule has 2 aromatic carbocycles. The Hall–Kier alpha value is -4.16. The van der Waals surface area contributed by atoms with Crippen molar-refractivity contribution in [3.05, 3.63) is 88.0 Å². The van der Waals surface area contributed by atoms with Crippen LogP contribution in [0.15, 0.2) is 53.6 Å². The summed E-state index contributed by atoms with van der Waals surface area (Å²) in [5, 5.41) is 3.51. The average Bonchev–Trinajstić information content (AvgIpc) is 3.38. The van der Waals surface area contributed by atoms with Crippen LogP contribution >= 0.6 is 0 Å². The number of rotatable bonds is 4. The van der Waals surface area contributed by atoms with Crippen molar-refractivity contribution in [3.8, 4) is 22.6 Å². The number of hydrogen-bond donors (Lipinski definition) is 1. The molecule has 0 radical (unpaired) electrons. The molecular weight excluding hydrogens is 440 g/mol. The number of hydrogen-bond acceptors (Lipinski definition) is 5. The molecule has 4 aromatic rings. The first-order valence-electron chi connectivity index (χ1n) is 10.7. The van der Waals surface area contributed by atoms with E-state index in [9.17, 15) is 13.6 Å². The van der Waals surface area contributed by atoms with Crippen LogP contribution in [0, 0.1) is 18.2 Å². The van der Waals surface area contributed by atoms with Crippen molar-refractivity contribution in [2.75, 3.05) is 13.7 Å². The van der Waals surface area contributed by atoms with E-state index in [2.05, 4.69) is 15.1 Å². The Kier molecular flexibility index (Phi) is 5.51. The van der Waals surface area contributed by atoms with E-state index in [1.165, 1.54) is 42.1 Å². The summed E-state index contributed by atoms with van der Waals surface area (Å²) in [5.74, 6) is -0.680. The van der Waals surface area contributed by atoms with Gasteiger partial charge in [0.25, 0.3) is 5.56 Å². The molecule has 1 aliphatic heterocycles. The molecule has 7 nitrogen and oxygen atoms in total. The molecule has 0 amide bonds. The molecular formula is C25H19F2N5O2. The first-order valence-corrected chi connectivity index (χ1v) is 10.7. The highest BCUT2D eigenvalue weighted by Gasteiger charge is 2.25. The number of halogens is 2. The maximum Gasteiger partial charge on any atom is 0.264 e. The minimum Gasteiger partial charge on any atom is -0.494 e. The first-order chi connectivity index (χ1) is 16.5. The zero-order valence-electron chi connectivity index (χ0n) is 18.2. The standard InChI is InChI=1S/C25H19F2N5O2/c1-28-16-9-18(14-8-15(26)13-29-12-14)23-19(10-16)25(33)32(24(31-23)21-4-3-7-30-21)17-5-6-22(34-2)20(27)11-17/h5-6,8-13,21,30H,3-4,7H2,2H3/t21-/m1/s1. The lowest BCUT2D eigenvalue weighted by molar-refractivity contribution is 0.386. The largest absolute Gasteiger partial charge is 0.494 e. The van der Waals surface area contributed by atoms with E-state index >= 15 is 0 Å². The third-order valence-electron chi connectivity index (χ3n) is 5.89. The number of methoxy groups -OCH3 is 1. The Morgan fingerprint density at radius 2 is 2.06 bits per heavy atom. The summed E-state index contributed by atoms with van der Waals surface area (Å²) in [6.07, 6.45) is 4.18. The summed E-state index contributed by atoms with van der Waals surface area (Å²) in [5.41, 5.74) is 1.21. The van der Waals surface area contributed by atoms with Crippen LogP contribution in [0.5, 0.6) is 5.75 Å². The number of nitrogens with zero attached hydrogens (tertiary/aromatic N) is 4. The number of nitrogens with one attached hydrogen (secondary N) is 1. The maximum atomic E-state index is 14.6. The molecule has 0 aliphatic carbocycles. The third-order valence-corrected chi connectivity index (χ3v) is 5.89. The van der Waals surface area contributed by atoms with Gasteiger partial charge in [-0.1, -0.05) is 0 Å². The monoisotopic (exact) mass is 459 g/mol. The van der Waals surface area contributed by atoms with Crippen LogP contribution < -0.4 is 15.6 Å². The van der Waals surface area contributed by atoms with Crippen molar-refractivity contribution in [1.82, 2.24) is 19.9 Å². The van der Waals surface area contributed by atoms with Crippen molar-refractivity contribution in [1.29, 1.82) is 0 Å². The molecule has 0 saturated carbocycles. The van der Waals surface area contributed by atoms with Crippen LogP contribution in [0.1, 0.15) is 24.7 Å². The topological polar surface area (TPSA) is 73.4 Å². The molecule has 170 valence electrons. The molecule has 1 atom stereocenters. The van der Waals surface area contributed by atoms with Gasteiger partial charge in [-0.2, -0.15) is 0 Å². The summed E-state index contributed by atoms with van der Waals surface area (Å²) in [6, 6.07) is 8.34. The van der Waals surface area contributed by atoms with Crippen LogP contribution in [0.4, 0.5) is 14.5 Å². The highest BCUT2D eigenvalue weighted by Crippen LogP contribution is 2.33. The fourth-order valence-corrected chi connectivity index (χ4v) is 4.32. The summed E-state index contributed by atoms with van der Waals surface area (Å²) in [4.78, 5) is 26.1. The molecule has 1 aliphatic rings. The van der Waals surface area contributed by atoms with Gasteiger partial charge in [0.1, 0.15) is 11.6 Å². The molecule has 2 aromatic heterocycles. The smallest absolute Gasteiger partial charge is 0.264 e. The third kappa shape index (κ3) is 3.68. The Bertz CT molecular complexity index is 1520. The normalized spacial score (nSPS) is 15.4. The highest BCUT2D eigenvalue weighted by atomic mass is 19.1. The Morgan fingerprint density at radius 3 is 2.74 bits per heavy atom. The lowest BCUT2D eigenvalue weighted by atomic mass is 10.0. The fourth-order valence-electron chi connectivity index (χ4n) is 4.32. The van der Waals surface area contributed by atoms with Gasteiger partial charge >= 0.3 is 0 Å². The van der Waals surface area contributed by atoms with Gasteiger partial charge in [-0.15, -0.1) is 0 Å². The van der Waals surface area contributed by atoms with Gasteiger partial charge in [-0.25, -0.2) is 18.6 Å². The zero-order chi connectivity index (χ0) is 23.8. The van der Waals surface area contributed by atoms with Gasteiger partial charge in [0.15, 0.2) is 17.3 Å². The fraction of sp³-hybridized carbons (Fsp3) is 0.200. The van der Waals surface area contributed by atoms with E-state index in [4.69, 9.17) is 16.3 Å². The molecule has 0 unspecified atom stereocenters. The molecule has 1 fully saturated rings. The molecule has 0 bridgehead atoms. The van der Waals surface area contributed by atoms with E-state index in [0.717, 1.165) is 25.6 Å². The Morgan fingerprint density at radius 1 is 1.21 bits per heavy atom. The average molecular weight is 459 g/mol. The van der Waals surface area contributed by atoms with Crippen LogP contribution in [0.3, 0.4) is 0 Å². The van der Waals surface area contributed by atoms with Crippen molar-refractivity contribution >= 4 is 16.6 Å². The van der Waals surface area contributed by atoms with E-state index in [-0.39, 0.29) is 22.9 Å². The lowest BCUT2D eigenvalue weighted by Gasteiger charge is -2.20. The van der Waals surface area contributed by atoms with Gasteiger partial charge in [0, 0.05) is 17.8 Å². The molecule has 34 heavy (non-hydrogen) atoms. The van der Waals surface area contributed by atoms with Crippen molar-refractivity contribution in [2.24, 2.45) is 0 Å². The van der Waals surface area contributed by atoms with E-state index in [1.54, 1.807) is 12.1 Å². The molecule has 1 saturated heterocycles. The number of fused-ring (bicyclic) bond motifs is 1.